The van der Waals surface area contributed by atoms with Gasteiger partial charge in [0.15, 0.2) is 0 Å². The van der Waals surface area contributed by atoms with Gasteiger partial charge >= 0.3 is 0 Å². The van der Waals surface area contributed by atoms with E-state index in [1.54, 1.807) is 0 Å². The average molecular weight is 361 g/mol. The van der Waals surface area contributed by atoms with Gasteiger partial charge in [0.1, 0.15) is 0 Å². The van der Waals surface area contributed by atoms with Crippen LogP contribution in [0.25, 0.3) is 0 Å². The molecule has 1 aliphatic carbocycles. The predicted molar refractivity (Wildman–Crippen MR) is 119 cm³/mol. The first-order valence-electron chi connectivity index (χ1n) is 11.2. The van der Waals surface area contributed by atoms with Crippen molar-refractivity contribution in [1.29, 1.82) is 0 Å². The molecule has 2 unspecified atom stereocenters. The monoisotopic (exact) mass is 360 g/mol. The Morgan fingerprint density at radius 1 is 0.593 bits per heavy atom. The summed E-state index contributed by atoms with van der Waals surface area (Å²) in [5.41, 5.74) is 5.94. The van der Waals surface area contributed by atoms with Gasteiger partial charge in [0.25, 0.3) is 0 Å². The molecule has 2 aromatic rings. The molecule has 0 heteroatoms. The van der Waals surface area contributed by atoms with Crippen LogP contribution in [-0.4, -0.2) is 0 Å². The van der Waals surface area contributed by atoms with Crippen LogP contribution in [0.3, 0.4) is 0 Å². The maximum atomic E-state index is 2.45. The minimum Gasteiger partial charge on any atom is -0.0804 e. The van der Waals surface area contributed by atoms with Crippen LogP contribution in [0.1, 0.15) is 92.9 Å². The first-order valence-corrected chi connectivity index (χ1v) is 11.2. The van der Waals surface area contributed by atoms with E-state index in [1.807, 2.05) is 0 Å². The molecule has 0 aromatic heterocycles. The van der Waals surface area contributed by atoms with Crippen LogP contribution in [0, 0.1) is 0 Å². The fourth-order valence-electron chi connectivity index (χ4n) is 4.20. The van der Waals surface area contributed by atoms with Crippen molar-refractivity contribution in [3.63, 3.8) is 0 Å². The molecule has 3 rings (SSSR count). The third-order valence-electron chi connectivity index (χ3n) is 6.07. The van der Waals surface area contributed by atoms with Crippen molar-refractivity contribution in [2.24, 2.45) is 0 Å². The van der Waals surface area contributed by atoms with Gasteiger partial charge in [-0.3, -0.25) is 0 Å². The Kier molecular flexibility index (Phi) is 7.75. The number of aryl methyl sites for hydroxylation is 2. The number of rotatable bonds is 9. The highest BCUT2D eigenvalue weighted by Crippen LogP contribution is 2.35. The lowest BCUT2D eigenvalue weighted by atomic mass is 9.81. The van der Waals surface area contributed by atoms with E-state index in [0.717, 1.165) is 0 Å². The van der Waals surface area contributed by atoms with Crippen molar-refractivity contribution < 1.29 is 0 Å². The lowest BCUT2D eigenvalue weighted by Gasteiger charge is -2.24. The van der Waals surface area contributed by atoms with E-state index in [2.05, 4.69) is 74.5 Å². The second kappa shape index (κ2) is 10.5. The topological polar surface area (TPSA) is 0 Å². The van der Waals surface area contributed by atoms with Crippen molar-refractivity contribution in [1.82, 2.24) is 0 Å². The highest BCUT2D eigenvalue weighted by molar-refractivity contribution is 5.33. The van der Waals surface area contributed by atoms with Gasteiger partial charge in [0.2, 0.25) is 0 Å². The molecule has 1 aliphatic rings. The van der Waals surface area contributed by atoms with Gasteiger partial charge in [-0.1, -0.05) is 93.8 Å². The molecule has 0 heterocycles. The molecule has 0 aliphatic heterocycles. The zero-order chi connectivity index (χ0) is 18.9. The van der Waals surface area contributed by atoms with Crippen LogP contribution in [0.4, 0.5) is 0 Å². The summed E-state index contributed by atoms with van der Waals surface area (Å²) in [7, 11) is 0. The summed E-state index contributed by atoms with van der Waals surface area (Å²) in [6, 6.07) is 18.8. The third kappa shape index (κ3) is 5.83. The molecular weight excluding hydrogens is 324 g/mol. The minimum absolute atomic E-state index is 0.592. The molecule has 0 saturated heterocycles. The van der Waals surface area contributed by atoms with E-state index in [0.29, 0.717) is 11.8 Å². The van der Waals surface area contributed by atoms with E-state index < -0.39 is 0 Å². The van der Waals surface area contributed by atoms with Gasteiger partial charge in [0, 0.05) is 11.8 Å². The van der Waals surface area contributed by atoms with Crippen molar-refractivity contribution in [3.8, 4) is 0 Å². The van der Waals surface area contributed by atoms with Crippen LogP contribution >= 0.6 is 0 Å². The number of unbranched alkanes of at least 4 members (excludes halogenated alkanes) is 3. The maximum Gasteiger partial charge on any atom is 0.00185 e. The third-order valence-corrected chi connectivity index (χ3v) is 6.07. The average Bonchev–Trinajstić information content (AvgIpc) is 2.73. The molecule has 0 nitrogen and oxygen atoms in total. The van der Waals surface area contributed by atoms with Gasteiger partial charge in [-0.15, -0.1) is 0 Å². The maximum absolute atomic E-state index is 2.45. The summed E-state index contributed by atoms with van der Waals surface area (Å²) in [5, 5.41) is 0. The van der Waals surface area contributed by atoms with Crippen molar-refractivity contribution in [2.45, 2.75) is 83.5 Å². The normalized spacial score (nSPS) is 19.3. The zero-order valence-corrected chi connectivity index (χ0v) is 17.3. The van der Waals surface area contributed by atoms with Gasteiger partial charge in [-0.2, -0.15) is 0 Å². The standard InChI is InChI=1S/C27H36/c1-3-5-7-9-23-12-16-25(17-13-23)27-20-18-26(19-21-27)24-14-10-22(11-15-24)8-6-4-2/h10-18,20,26-27H,3-9,19,21H2,1-2H3. The van der Waals surface area contributed by atoms with Crippen molar-refractivity contribution in [2.75, 3.05) is 0 Å². The van der Waals surface area contributed by atoms with Gasteiger partial charge in [-0.25, -0.2) is 0 Å². The van der Waals surface area contributed by atoms with Crippen LogP contribution in [0.5, 0.6) is 0 Å². The number of benzene rings is 2. The van der Waals surface area contributed by atoms with Gasteiger partial charge < -0.3 is 0 Å². The van der Waals surface area contributed by atoms with Gasteiger partial charge in [0.05, 0.1) is 0 Å². The Labute approximate surface area is 166 Å². The van der Waals surface area contributed by atoms with E-state index in [-0.39, 0.29) is 0 Å². The molecular formula is C27H36. The zero-order valence-electron chi connectivity index (χ0n) is 17.3. The SMILES string of the molecule is CCCCCc1ccc(C2C=CC(c3ccc(CCCC)cc3)CC2)cc1. The summed E-state index contributed by atoms with van der Waals surface area (Å²) >= 11 is 0. The van der Waals surface area contributed by atoms with Crippen molar-refractivity contribution in [3.05, 3.63) is 82.9 Å². The van der Waals surface area contributed by atoms with Crippen LogP contribution < -0.4 is 0 Å². The first kappa shape index (κ1) is 19.9. The molecule has 2 aromatic carbocycles. The van der Waals surface area contributed by atoms with E-state index >= 15 is 0 Å². The van der Waals surface area contributed by atoms with Gasteiger partial charge in [-0.05, 0) is 60.8 Å². The van der Waals surface area contributed by atoms with Crippen LogP contribution in [0.2, 0.25) is 0 Å². The lowest BCUT2D eigenvalue weighted by molar-refractivity contribution is 0.600. The summed E-state index contributed by atoms with van der Waals surface area (Å²) in [4.78, 5) is 0. The summed E-state index contributed by atoms with van der Waals surface area (Å²) in [6.07, 6.45) is 16.4. The highest BCUT2D eigenvalue weighted by Gasteiger charge is 2.18. The molecule has 0 amide bonds. The quantitative estimate of drug-likeness (QED) is 0.314. The highest BCUT2D eigenvalue weighted by atomic mass is 14.2. The Hall–Kier alpha value is -1.82. The van der Waals surface area contributed by atoms with E-state index in [9.17, 15) is 0 Å². The Morgan fingerprint density at radius 2 is 1.04 bits per heavy atom. The largest absolute Gasteiger partial charge is 0.0804 e. The Balaban J connectivity index is 1.56. The van der Waals surface area contributed by atoms with Crippen LogP contribution in [0.15, 0.2) is 60.7 Å². The molecule has 0 N–H and O–H groups in total. The number of hydrogen-bond donors (Lipinski definition) is 0. The summed E-state index contributed by atoms with van der Waals surface area (Å²) in [5.74, 6) is 1.18. The molecule has 0 spiro atoms. The smallest absolute Gasteiger partial charge is 0.00185 e. The molecule has 0 bridgehead atoms. The van der Waals surface area contributed by atoms with E-state index in [1.165, 1.54) is 80.0 Å². The molecule has 0 saturated carbocycles. The second-order valence-corrected chi connectivity index (χ2v) is 8.22. The Bertz CT molecular complexity index is 690. The summed E-state index contributed by atoms with van der Waals surface area (Å²) in [6.45, 7) is 4.53. The molecule has 0 radical (unpaired) electrons. The molecule has 27 heavy (non-hydrogen) atoms. The second-order valence-electron chi connectivity index (χ2n) is 8.22. The molecule has 144 valence electrons. The number of allylic oxidation sites excluding steroid dienone is 2. The van der Waals surface area contributed by atoms with Crippen LogP contribution in [-0.2, 0) is 12.8 Å². The molecule has 2 atom stereocenters. The fraction of sp³-hybridized carbons (Fsp3) is 0.481. The van der Waals surface area contributed by atoms with Crippen molar-refractivity contribution >= 4 is 0 Å². The minimum atomic E-state index is 0.592. The fourth-order valence-corrected chi connectivity index (χ4v) is 4.20. The number of hydrogen-bond acceptors (Lipinski definition) is 0. The first-order chi connectivity index (χ1) is 13.3. The summed E-state index contributed by atoms with van der Waals surface area (Å²) < 4.78 is 0. The predicted octanol–water partition coefficient (Wildman–Crippen LogP) is 7.98. The van der Waals surface area contributed by atoms with E-state index in [4.69, 9.17) is 0 Å². The Morgan fingerprint density at radius 3 is 1.44 bits per heavy atom. The lowest BCUT2D eigenvalue weighted by Crippen LogP contribution is -2.07. The molecule has 0 fully saturated rings.